The first-order valence-electron chi connectivity index (χ1n) is 8.08. The topological polar surface area (TPSA) is 58.2 Å². The predicted octanol–water partition coefficient (Wildman–Crippen LogP) is 2.72. The van der Waals surface area contributed by atoms with Crippen LogP contribution in [0.5, 0.6) is 0 Å². The Kier molecular flexibility index (Phi) is 6.77. The van der Waals surface area contributed by atoms with Gasteiger partial charge in [0.1, 0.15) is 0 Å². The monoisotopic (exact) mass is 364 g/mol. The van der Waals surface area contributed by atoms with Crippen LogP contribution in [-0.2, 0) is 28.6 Å². The highest BCUT2D eigenvalue weighted by molar-refractivity contribution is 5.85. The largest absolute Gasteiger partial charge is 0.416 e. The third kappa shape index (κ3) is 6.58. The van der Waals surface area contributed by atoms with Crippen molar-refractivity contribution in [1.82, 2.24) is 10.6 Å². The Bertz CT molecular complexity index is 746. The zero-order valence-electron chi connectivity index (χ0n) is 14.0. The second kappa shape index (κ2) is 9.03. The molecule has 0 saturated carbocycles. The van der Waals surface area contributed by atoms with Crippen molar-refractivity contribution >= 4 is 11.8 Å². The van der Waals surface area contributed by atoms with E-state index in [-0.39, 0.29) is 24.4 Å². The number of nitrogens with one attached hydrogen (secondary N) is 2. The van der Waals surface area contributed by atoms with E-state index < -0.39 is 17.6 Å². The number of carbonyl (C=O) groups excluding carboxylic acids is 2. The maximum Gasteiger partial charge on any atom is 0.416 e. The van der Waals surface area contributed by atoms with Crippen LogP contribution in [0.15, 0.2) is 54.6 Å². The molecule has 2 amide bonds. The summed E-state index contributed by atoms with van der Waals surface area (Å²) in [5.74, 6) is -0.860. The summed E-state index contributed by atoms with van der Waals surface area (Å²) in [6.07, 6.45) is -4.00. The Morgan fingerprint density at radius 1 is 0.846 bits per heavy atom. The average molecular weight is 364 g/mol. The van der Waals surface area contributed by atoms with Crippen molar-refractivity contribution in [2.24, 2.45) is 0 Å². The summed E-state index contributed by atoms with van der Waals surface area (Å²) in [7, 11) is 0. The molecule has 7 heteroatoms. The van der Waals surface area contributed by atoms with Gasteiger partial charge in [0.2, 0.25) is 11.8 Å². The Labute approximate surface area is 149 Å². The van der Waals surface area contributed by atoms with Crippen LogP contribution in [0.25, 0.3) is 0 Å². The molecule has 0 atom stereocenters. The molecule has 2 N–H and O–H groups in total. The normalized spacial score (nSPS) is 11.0. The summed E-state index contributed by atoms with van der Waals surface area (Å²) in [5, 5.41) is 5.08. The Morgan fingerprint density at radius 3 is 2.23 bits per heavy atom. The summed E-state index contributed by atoms with van der Waals surface area (Å²) < 4.78 is 37.9. The lowest BCUT2D eigenvalue weighted by Gasteiger charge is -2.09. The van der Waals surface area contributed by atoms with Crippen molar-refractivity contribution in [1.29, 1.82) is 0 Å². The van der Waals surface area contributed by atoms with Crippen LogP contribution in [0.4, 0.5) is 13.2 Å². The molecule has 0 aliphatic carbocycles. The Hall–Kier alpha value is -2.83. The number of alkyl halides is 3. The van der Waals surface area contributed by atoms with Crippen LogP contribution in [0.3, 0.4) is 0 Å². The molecule has 2 aromatic rings. The third-order valence-electron chi connectivity index (χ3n) is 3.64. The summed E-state index contributed by atoms with van der Waals surface area (Å²) >= 11 is 0. The van der Waals surface area contributed by atoms with E-state index in [9.17, 15) is 22.8 Å². The van der Waals surface area contributed by atoms with Crippen LogP contribution in [-0.4, -0.2) is 24.9 Å². The number of carbonyl (C=O) groups is 2. The maximum atomic E-state index is 12.6. The SMILES string of the molecule is O=C(CNC(=O)Cc1cccc(C(F)(F)F)c1)NCCc1ccccc1. The van der Waals surface area contributed by atoms with Crippen molar-refractivity contribution in [3.8, 4) is 0 Å². The molecular formula is C19H19F3N2O2. The second-order valence-corrected chi connectivity index (χ2v) is 5.74. The number of halogens is 3. The molecule has 0 aliphatic rings. The first-order chi connectivity index (χ1) is 12.3. The first-order valence-corrected chi connectivity index (χ1v) is 8.08. The van der Waals surface area contributed by atoms with Crippen LogP contribution in [0, 0.1) is 0 Å². The summed E-state index contributed by atoms with van der Waals surface area (Å²) in [5.41, 5.74) is 0.518. The molecule has 26 heavy (non-hydrogen) atoms. The van der Waals surface area contributed by atoms with Crippen molar-refractivity contribution in [2.45, 2.75) is 19.0 Å². The van der Waals surface area contributed by atoms with E-state index in [4.69, 9.17) is 0 Å². The summed E-state index contributed by atoms with van der Waals surface area (Å²) in [6, 6.07) is 14.2. The third-order valence-corrected chi connectivity index (χ3v) is 3.64. The molecule has 0 bridgehead atoms. The van der Waals surface area contributed by atoms with Crippen molar-refractivity contribution in [3.05, 3.63) is 71.3 Å². The highest BCUT2D eigenvalue weighted by Crippen LogP contribution is 2.29. The van der Waals surface area contributed by atoms with Gasteiger partial charge in [0.05, 0.1) is 18.5 Å². The molecule has 4 nitrogen and oxygen atoms in total. The van der Waals surface area contributed by atoms with Gasteiger partial charge in [-0.05, 0) is 23.6 Å². The highest BCUT2D eigenvalue weighted by Gasteiger charge is 2.30. The van der Waals surface area contributed by atoms with Gasteiger partial charge >= 0.3 is 6.18 Å². The summed E-state index contributed by atoms with van der Waals surface area (Å²) in [4.78, 5) is 23.5. The van der Waals surface area contributed by atoms with E-state index in [1.54, 1.807) is 0 Å². The van der Waals surface area contributed by atoms with Gasteiger partial charge in [-0.25, -0.2) is 0 Å². The molecule has 2 aromatic carbocycles. The van der Waals surface area contributed by atoms with Crippen molar-refractivity contribution < 1.29 is 22.8 Å². The minimum atomic E-state index is -4.45. The summed E-state index contributed by atoms with van der Waals surface area (Å²) in [6.45, 7) is 0.221. The van der Waals surface area contributed by atoms with Gasteiger partial charge in [0.15, 0.2) is 0 Å². The van der Waals surface area contributed by atoms with Crippen LogP contribution in [0.1, 0.15) is 16.7 Å². The molecule has 0 saturated heterocycles. The molecule has 0 fully saturated rings. The predicted molar refractivity (Wildman–Crippen MR) is 91.3 cm³/mol. The van der Waals surface area contributed by atoms with Gasteiger partial charge in [-0.2, -0.15) is 13.2 Å². The van der Waals surface area contributed by atoms with Crippen molar-refractivity contribution in [2.75, 3.05) is 13.1 Å². The minimum Gasteiger partial charge on any atom is -0.354 e. The van der Waals surface area contributed by atoms with E-state index in [0.717, 1.165) is 17.7 Å². The molecule has 0 radical (unpaired) electrons. The molecule has 0 aromatic heterocycles. The van der Waals surface area contributed by atoms with E-state index >= 15 is 0 Å². The number of benzene rings is 2. The number of hydrogen-bond donors (Lipinski definition) is 2. The molecule has 0 unspecified atom stereocenters. The van der Waals surface area contributed by atoms with Gasteiger partial charge in [-0.15, -0.1) is 0 Å². The zero-order chi connectivity index (χ0) is 19.0. The molecule has 0 aliphatic heterocycles. The van der Waals surface area contributed by atoms with Gasteiger partial charge in [0.25, 0.3) is 0 Å². The fourth-order valence-corrected chi connectivity index (χ4v) is 2.34. The Balaban J connectivity index is 1.72. The highest BCUT2D eigenvalue weighted by atomic mass is 19.4. The first kappa shape index (κ1) is 19.5. The van der Waals surface area contributed by atoms with Crippen molar-refractivity contribution in [3.63, 3.8) is 0 Å². The van der Waals surface area contributed by atoms with Crippen LogP contribution >= 0.6 is 0 Å². The van der Waals surface area contributed by atoms with E-state index in [2.05, 4.69) is 10.6 Å². The zero-order valence-corrected chi connectivity index (χ0v) is 14.0. The van der Waals surface area contributed by atoms with Gasteiger partial charge in [0, 0.05) is 6.54 Å². The van der Waals surface area contributed by atoms with Crippen LogP contribution < -0.4 is 10.6 Å². The lowest BCUT2D eigenvalue weighted by Crippen LogP contribution is -2.38. The number of hydrogen-bond acceptors (Lipinski definition) is 2. The molecule has 2 rings (SSSR count). The van der Waals surface area contributed by atoms with E-state index in [0.29, 0.717) is 13.0 Å². The smallest absolute Gasteiger partial charge is 0.354 e. The average Bonchev–Trinajstić information content (AvgIpc) is 2.60. The van der Waals surface area contributed by atoms with Crippen LogP contribution in [0.2, 0.25) is 0 Å². The molecule has 0 heterocycles. The number of amides is 2. The minimum absolute atomic E-state index is 0.216. The standard InChI is InChI=1S/C19H19F3N2O2/c20-19(21,22)16-8-4-7-15(11-16)12-17(25)24-13-18(26)23-10-9-14-5-2-1-3-6-14/h1-8,11H,9-10,12-13H2,(H,23,26)(H,24,25). The fraction of sp³-hybridized carbons (Fsp3) is 0.263. The lowest BCUT2D eigenvalue weighted by atomic mass is 10.1. The van der Waals surface area contributed by atoms with E-state index in [1.165, 1.54) is 12.1 Å². The Morgan fingerprint density at radius 2 is 1.54 bits per heavy atom. The quantitative estimate of drug-likeness (QED) is 0.794. The van der Waals surface area contributed by atoms with E-state index in [1.807, 2.05) is 30.3 Å². The number of rotatable bonds is 7. The fourth-order valence-electron chi connectivity index (χ4n) is 2.34. The van der Waals surface area contributed by atoms with Gasteiger partial charge < -0.3 is 10.6 Å². The maximum absolute atomic E-state index is 12.6. The molecule has 0 spiro atoms. The second-order valence-electron chi connectivity index (χ2n) is 5.74. The molecule has 138 valence electrons. The van der Waals surface area contributed by atoms with Gasteiger partial charge in [-0.1, -0.05) is 48.5 Å². The molecular weight excluding hydrogens is 345 g/mol. The lowest BCUT2D eigenvalue weighted by molar-refractivity contribution is -0.137. The van der Waals surface area contributed by atoms with Gasteiger partial charge in [-0.3, -0.25) is 9.59 Å².